The summed E-state index contributed by atoms with van der Waals surface area (Å²) in [7, 11) is 0. The number of alkyl halides is 3. The molecule has 4 bridgehead atoms. The molecule has 184 valence electrons. The SMILES string of the molecule is CC(F)(F)c1nc(C23CCC(CN(C(=O)C45CC(F)(C4)C5)c4cccc(C#N)c4)(CC2)CC3)no1. The fraction of sp³-hybridized carbons (Fsp3) is 0.615. The van der Waals surface area contributed by atoms with Crippen molar-refractivity contribution in [2.75, 3.05) is 11.4 Å². The number of anilines is 1. The van der Waals surface area contributed by atoms with Crippen LogP contribution < -0.4 is 4.90 Å². The number of nitrogens with zero attached hydrogens (tertiary/aromatic N) is 4. The summed E-state index contributed by atoms with van der Waals surface area (Å²) in [5.74, 6) is -3.51. The molecule has 0 spiro atoms. The normalized spacial score (nSPS) is 35.1. The molecule has 1 heterocycles. The van der Waals surface area contributed by atoms with E-state index in [-0.39, 0.29) is 36.0 Å². The second kappa shape index (κ2) is 7.08. The molecule has 1 aromatic heterocycles. The summed E-state index contributed by atoms with van der Waals surface area (Å²) in [4.78, 5) is 19.6. The first kappa shape index (κ1) is 22.6. The molecule has 1 amide bonds. The number of nitriles is 1. The standard InChI is InChI=1S/C26H27F3N4O2/c1-22(27,28)20-31-19(32-35-20)24-8-5-23(6-9-24,7-10-24)16-33(18-4-2-3-17(11-18)12-30)21(34)25-13-26(29,14-25)15-25/h2-4,11H,5-10,13-16H2,1H3. The van der Waals surface area contributed by atoms with E-state index in [2.05, 4.69) is 16.2 Å². The zero-order valence-electron chi connectivity index (χ0n) is 19.6. The lowest BCUT2D eigenvalue weighted by atomic mass is 9.41. The molecule has 0 N–H and O–H groups in total. The maximum Gasteiger partial charge on any atom is 0.322 e. The first-order valence-corrected chi connectivity index (χ1v) is 12.2. The van der Waals surface area contributed by atoms with E-state index in [4.69, 9.17) is 4.52 Å². The number of fused-ring (bicyclic) bond motifs is 3. The molecule has 9 heteroatoms. The van der Waals surface area contributed by atoms with Crippen LogP contribution in [0.5, 0.6) is 0 Å². The lowest BCUT2D eigenvalue weighted by Crippen LogP contribution is -2.71. The molecular formula is C26H27F3N4O2. The van der Waals surface area contributed by atoms with Gasteiger partial charge in [0.1, 0.15) is 5.67 Å². The summed E-state index contributed by atoms with van der Waals surface area (Å²) in [6, 6.07) is 9.19. The van der Waals surface area contributed by atoms with Gasteiger partial charge in [0.15, 0.2) is 5.82 Å². The Morgan fingerprint density at radius 2 is 1.83 bits per heavy atom. The fourth-order valence-corrected chi connectivity index (χ4v) is 6.99. The van der Waals surface area contributed by atoms with Gasteiger partial charge in [-0.3, -0.25) is 4.79 Å². The highest BCUT2D eigenvalue weighted by molar-refractivity contribution is 6.00. The zero-order valence-corrected chi connectivity index (χ0v) is 19.6. The minimum Gasteiger partial charge on any atom is -0.333 e. The molecular weight excluding hydrogens is 457 g/mol. The molecule has 0 unspecified atom stereocenters. The first-order chi connectivity index (χ1) is 16.5. The van der Waals surface area contributed by atoms with Crippen LogP contribution >= 0.6 is 0 Å². The van der Waals surface area contributed by atoms with Crippen LogP contribution in [0.25, 0.3) is 0 Å². The van der Waals surface area contributed by atoms with Gasteiger partial charge in [-0.15, -0.1) is 0 Å². The van der Waals surface area contributed by atoms with Crippen LogP contribution in [0.1, 0.15) is 82.0 Å². The number of carbonyl (C=O) groups is 1. The number of aromatic nitrogens is 2. The van der Waals surface area contributed by atoms with Crippen molar-refractivity contribution in [1.29, 1.82) is 5.26 Å². The Hall–Kier alpha value is -2.89. The van der Waals surface area contributed by atoms with Crippen molar-refractivity contribution in [3.05, 3.63) is 41.5 Å². The van der Waals surface area contributed by atoms with Gasteiger partial charge < -0.3 is 9.42 Å². The minimum atomic E-state index is -3.17. The third kappa shape index (κ3) is 3.40. The van der Waals surface area contributed by atoms with Crippen LogP contribution in [-0.4, -0.2) is 28.3 Å². The minimum absolute atomic E-state index is 0.0445. The van der Waals surface area contributed by atoms with Crippen LogP contribution in [0.4, 0.5) is 18.9 Å². The maximum absolute atomic E-state index is 14.3. The van der Waals surface area contributed by atoms with Crippen LogP contribution in [0.3, 0.4) is 0 Å². The molecule has 8 rings (SSSR count). The van der Waals surface area contributed by atoms with E-state index in [1.54, 1.807) is 23.1 Å². The summed E-state index contributed by atoms with van der Waals surface area (Å²) in [6.45, 7) is 1.25. The summed E-state index contributed by atoms with van der Waals surface area (Å²) >= 11 is 0. The van der Waals surface area contributed by atoms with Gasteiger partial charge in [-0.1, -0.05) is 11.2 Å². The Morgan fingerprint density at radius 1 is 1.17 bits per heavy atom. The van der Waals surface area contributed by atoms with Gasteiger partial charge in [0.2, 0.25) is 5.91 Å². The lowest BCUT2D eigenvalue weighted by molar-refractivity contribution is -0.211. The average Bonchev–Trinajstić information content (AvgIpc) is 3.33. The maximum atomic E-state index is 14.3. The Labute approximate surface area is 201 Å². The van der Waals surface area contributed by atoms with Gasteiger partial charge in [0.25, 0.3) is 5.89 Å². The van der Waals surface area contributed by atoms with E-state index < -0.39 is 22.9 Å². The third-order valence-electron chi connectivity index (χ3n) is 9.12. The van der Waals surface area contributed by atoms with Crippen molar-refractivity contribution >= 4 is 11.6 Å². The summed E-state index contributed by atoms with van der Waals surface area (Å²) < 4.78 is 46.4. The predicted molar refractivity (Wildman–Crippen MR) is 119 cm³/mol. The molecule has 6 aliphatic carbocycles. The molecule has 0 saturated heterocycles. The summed E-state index contributed by atoms with van der Waals surface area (Å²) in [6.07, 6.45) is 5.48. The molecule has 0 radical (unpaired) electrons. The van der Waals surface area contributed by atoms with Crippen LogP contribution in [0.15, 0.2) is 28.8 Å². The number of rotatable bonds is 6. The van der Waals surface area contributed by atoms with Gasteiger partial charge in [0, 0.05) is 24.6 Å². The molecule has 35 heavy (non-hydrogen) atoms. The first-order valence-electron chi connectivity index (χ1n) is 12.2. The topological polar surface area (TPSA) is 83.0 Å². The van der Waals surface area contributed by atoms with Crippen molar-refractivity contribution in [2.24, 2.45) is 10.8 Å². The molecule has 6 saturated carbocycles. The zero-order chi connectivity index (χ0) is 24.7. The molecule has 2 aromatic rings. The molecule has 6 nitrogen and oxygen atoms in total. The van der Waals surface area contributed by atoms with E-state index in [1.807, 2.05) is 6.07 Å². The van der Waals surface area contributed by atoms with Gasteiger partial charge in [0.05, 0.1) is 17.0 Å². The molecule has 1 aromatic carbocycles. The summed E-state index contributed by atoms with van der Waals surface area (Å²) in [5.41, 5.74) is -1.15. The molecule has 6 fully saturated rings. The van der Waals surface area contributed by atoms with E-state index in [0.717, 1.165) is 45.4 Å². The van der Waals surface area contributed by atoms with E-state index in [9.17, 15) is 23.2 Å². The van der Waals surface area contributed by atoms with Crippen molar-refractivity contribution < 1.29 is 22.5 Å². The van der Waals surface area contributed by atoms with Gasteiger partial charge >= 0.3 is 5.92 Å². The fourth-order valence-electron chi connectivity index (χ4n) is 6.99. The van der Waals surface area contributed by atoms with Crippen molar-refractivity contribution in [3.63, 3.8) is 0 Å². The molecule has 0 aliphatic heterocycles. The highest BCUT2D eigenvalue weighted by Crippen LogP contribution is 2.70. The van der Waals surface area contributed by atoms with E-state index in [1.165, 1.54) is 0 Å². The van der Waals surface area contributed by atoms with Gasteiger partial charge in [-0.05, 0) is 81.4 Å². The number of benzene rings is 1. The highest BCUT2D eigenvalue weighted by Gasteiger charge is 2.73. The quantitative estimate of drug-likeness (QED) is 0.535. The van der Waals surface area contributed by atoms with Crippen molar-refractivity contribution in [3.8, 4) is 6.07 Å². The molecule has 0 atom stereocenters. The predicted octanol–water partition coefficient (Wildman–Crippen LogP) is 5.57. The number of halogens is 3. The van der Waals surface area contributed by atoms with Crippen LogP contribution in [0.2, 0.25) is 0 Å². The highest BCUT2D eigenvalue weighted by atomic mass is 19.3. The van der Waals surface area contributed by atoms with Crippen molar-refractivity contribution in [2.45, 2.75) is 81.7 Å². The monoisotopic (exact) mass is 484 g/mol. The van der Waals surface area contributed by atoms with Crippen molar-refractivity contribution in [1.82, 2.24) is 10.1 Å². The van der Waals surface area contributed by atoms with Crippen LogP contribution in [-0.2, 0) is 16.1 Å². The Balaban J connectivity index is 1.24. The Bertz CT molecular complexity index is 1200. The number of hydrogen-bond donors (Lipinski definition) is 0. The molecule has 6 aliphatic rings. The number of hydrogen-bond acceptors (Lipinski definition) is 5. The smallest absolute Gasteiger partial charge is 0.322 e. The van der Waals surface area contributed by atoms with Gasteiger partial charge in [-0.25, -0.2) is 4.39 Å². The lowest BCUT2D eigenvalue weighted by Gasteiger charge is -2.65. The summed E-state index contributed by atoms with van der Waals surface area (Å²) in [5, 5.41) is 13.3. The van der Waals surface area contributed by atoms with Crippen LogP contribution in [0, 0.1) is 22.2 Å². The Morgan fingerprint density at radius 3 is 2.37 bits per heavy atom. The third-order valence-corrected chi connectivity index (χ3v) is 9.12. The van der Waals surface area contributed by atoms with E-state index in [0.29, 0.717) is 23.6 Å². The second-order valence-corrected chi connectivity index (χ2v) is 11.6. The largest absolute Gasteiger partial charge is 0.333 e. The number of amides is 1. The average molecular weight is 485 g/mol. The number of carbonyl (C=O) groups excluding carboxylic acids is 1. The van der Waals surface area contributed by atoms with Gasteiger partial charge in [-0.2, -0.15) is 19.0 Å². The Kier molecular flexibility index (Phi) is 4.57. The second-order valence-electron chi connectivity index (χ2n) is 11.6. The van der Waals surface area contributed by atoms with E-state index >= 15 is 0 Å².